The third kappa shape index (κ3) is 1.25. The molecule has 2 rings (SSSR count). The van der Waals surface area contributed by atoms with Crippen molar-refractivity contribution in [3.63, 3.8) is 0 Å². The van der Waals surface area contributed by atoms with Crippen molar-refractivity contribution < 1.29 is 0 Å². The lowest BCUT2D eigenvalue weighted by Crippen LogP contribution is -1.97. The summed E-state index contributed by atoms with van der Waals surface area (Å²) in [5, 5.41) is 0. The summed E-state index contributed by atoms with van der Waals surface area (Å²) in [6, 6.07) is 5.66. The predicted octanol–water partition coefficient (Wildman–Crippen LogP) is 2.03. The van der Waals surface area contributed by atoms with Crippen molar-refractivity contribution in [1.29, 1.82) is 0 Å². The van der Waals surface area contributed by atoms with E-state index in [4.69, 9.17) is 0 Å². The van der Waals surface area contributed by atoms with Crippen molar-refractivity contribution in [2.24, 2.45) is 0 Å². The zero-order valence-electron chi connectivity index (χ0n) is 6.18. The molecule has 0 fully saturated rings. The molecule has 2 aromatic heterocycles. The van der Waals surface area contributed by atoms with Crippen LogP contribution in [0.5, 0.6) is 0 Å². The smallest absolute Gasteiger partial charge is 0.234 e. The van der Waals surface area contributed by atoms with E-state index in [2.05, 4.69) is 25.9 Å². The van der Waals surface area contributed by atoms with E-state index in [0.717, 1.165) is 4.60 Å². The van der Waals surface area contributed by atoms with Gasteiger partial charge in [-0.1, -0.05) is 0 Å². The molecule has 4 heteroatoms. The topological polar surface area (TPSA) is 30.7 Å². The Morgan fingerprint density at radius 2 is 1.92 bits per heavy atom. The molecule has 0 radical (unpaired) electrons. The first-order chi connectivity index (χ1) is 5.88. The van der Waals surface area contributed by atoms with E-state index >= 15 is 0 Å². The van der Waals surface area contributed by atoms with Gasteiger partial charge in [0.25, 0.3) is 0 Å². The second-order valence-electron chi connectivity index (χ2n) is 2.25. The van der Waals surface area contributed by atoms with Crippen molar-refractivity contribution in [2.45, 2.75) is 0 Å². The highest BCUT2D eigenvalue weighted by molar-refractivity contribution is 9.10. The SMILES string of the molecule is Brc1cccn1-c1ncccn1. The maximum absolute atomic E-state index is 4.10. The highest BCUT2D eigenvalue weighted by Crippen LogP contribution is 2.13. The summed E-state index contributed by atoms with van der Waals surface area (Å²) in [5.74, 6) is 0.675. The van der Waals surface area contributed by atoms with Crippen molar-refractivity contribution in [2.75, 3.05) is 0 Å². The molecule has 0 saturated carbocycles. The van der Waals surface area contributed by atoms with Gasteiger partial charge in [0, 0.05) is 18.6 Å². The number of hydrogen-bond acceptors (Lipinski definition) is 2. The molecule has 2 heterocycles. The molecule has 3 nitrogen and oxygen atoms in total. The standard InChI is InChI=1S/C8H6BrN3/c9-7-3-1-6-12(7)8-10-4-2-5-11-8/h1-6H. The van der Waals surface area contributed by atoms with Crippen LogP contribution in [-0.2, 0) is 0 Å². The average molecular weight is 224 g/mol. The number of halogens is 1. The summed E-state index contributed by atoms with van der Waals surface area (Å²) in [6.45, 7) is 0. The van der Waals surface area contributed by atoms with Crippen LogP contribution in [0.15, 0.2) is 41.4 Å². The van der Waals surface area contributed by atoms with Crippen LogP contribution in [0, 0.1) is 0 Å². The van der Waals surface area contributed by atoms with E-state index < -0.39 is 0 Å². The zero-order valence-corrected chi connectivity index (χ0v) is 7.77. The number of rotatable bonds is 1. The molecule has 0 bridgehead atoms. The molecule has 12 heavy (non-hydrogen) atoms. The van der Waals surface area contributed by atoms with Crippen molar-refractivity contribution in [3.8, 4) is 5.95 Å². The Kier molecular flexibility index (Phi) is 1.91. The van der Waals surface area contributed by atoms with Gasteiger partial charge in [-0.3, -0.25) is 4.57 Å². The van der Waals surface area contributed by atoms with E-state index in [1.54, 1.807) is 18.5 Å². The lowest BCUT2D eigenvalue weighted by molar-refractivity contribution is 0.917. The maximum Gasteiger partial charge on any atom is 0.234 e. The lowest BCUT2D eigenvalue weighted by atomic mass is 10.7. The molecule has 0 saturated heterocycles. The molecule has 0 unspecified atom stereocenters. The van der Waals surface area contributed by atoms with Crippen molar-refractivity contribution in [3.05, 3.63) is 41.4 Å². The molecule has 0 aliphatic carbocycles. The van der Waals surface area contributed by atoms with Gasteiger partial charge in [-0.25, -0.2) is 9.97 Å². The number of aromatic nitrogens is 3. The summed E-state index contributed by atoms with van der Waals surface area (Å²) < 4.78 is 2.81. The summed E-state index contributed by atoms with van der Waals surface area (Å²) in [7, 11) is 0. The van der Waals surface area contributed by atoms with Crippen molar-refractivity contribution >= 4 is 15.9 Å². The van der Waals surface area contributed by atoms with Crippen LogP contribution in [-0.4, -0.2) is 14.5 Å². The quantitative estimate of drug-likeness (QED) is 0.741. The van der Waals surface area contributed by atoms with Crippen molar-refractivity contribution in [1.82, 2.24) is 14.5 Å². The molecule has 2 aromatic rings. The van der Waals surface area contributed by atoms with Crippen LogP contribution in [0.4, 0.5) is 0 Å². The van der Waals surface area contributed by atoms with Crippen LogP contribution in [0.3, 0.4) is 0 Å². The fourth-order valence-electron chi connectivity index (χ4n) is 0.938. The minimum atomic E-state index is 0.675. The van der Waals surface area contributed by atoms with Gasteiger partial charge in [0.2, 0.25) is 5.95 Å². The third-order valence-corrected chi connectivity index (χ3v) is 2.11. The van der Waals surface area contributed by atoms with Gasteiger partial charge in [-0.2, -0.15) is 0 Å². The molecule has 0 N–H and O–H groups in total. The van der Waals surface area contributed by atoms with Gasteiger partial charge in [0.1, 0.15) is 0 Å². The maximum atomic E-state index is 4.10. The lowest BCUT2D eigenvalue weighted by Gasteiger charge is -2.00. The van der Waals surface area contributed by atoms with Crippen LogP contribution < -0.4 is 0 Å². The summed E-state index contributed by atoms with van der Waals surface area (Å²) in [4.78, 5) is 8.21. The Labute approximate surface area is 78.2 Å². The summed E-state index contributed by atoms with van der Waals surface area (Å²) >= 11 is 3.39. The summed E-state index contributed by atoms with van der Waals surface area (Å²) in [6.07, 6.45) is 5.34. The predicted molar refractivity (Wildman–Crippen MR) is 49.1 cm³/mol. The Morgan fingerprint density at radius 1 is 1.17 bits per heavy atom. The van der Waals surface area contributed by atoms with E-state index in [0.29, 0.717) is 5.95 Å². The normalized spacial score (nSPS) is 10.1. The molecule has 60 valence electrons. The fourth-order valence-corrected chi connectivity index (χ4v) is 1.37. The number of hydrogen-bond donors (Lipinski definition) is 0. The van der Waals surface area contributed by atoms with Gasteiger partial charge in [0.15, 0.2) is 0 Å². The molecular weight excluding hydrogens is 218 g/mol. The van der Waals surface area contributed by atoms with Gasteiger partial charge < -0.3 is 0 Å². The van der Waals surface area contributed by atoms with Crippen LogP contribution in [0.1, 0.15) is 0 Å². The van der Waals surface area contributed by atoms with Crippen LogP contribution in [0.2, 0.25) is 0 Å². The average Bonchev–Trinajstić information content (AvgIpc) is 2.53. The monoisotopic (exact) mass is 223 g/mol. The third-order valence-electron chi connectivity index (χ3n) is 1.47. The first kappa shape index (κ1) is 7.49. The van der Waals surface area contributed by atoms with Gasteiger partial charge in [0.05, 0.1) is 4.60 Å². The minimum Gasteiger partial charge on any atom is -0.279 e. The van der Waals surface area contributed by atoms with Gasteiger partial charge >= 0.3 is 0 Å². The largest absolute Gasteiger partial charge is 0.279 e. The highest BCUT2D eigenvalue weighted by atomic mass is 79.9. The Bertz CT molecular complexity index is 369. The number of nitrogens with zero attached hydrogens (tertiary/aromatic N) is 3. The first-order valence-electron chi connectivity index (χ1n) is 3.48. The van der Waals surface area contributed by atoms with Gasteiger partial charge in [-0.05, 0) is 34.1 Å². The van der Waals surface area contributed by atoms with E-state index in [1.807, 2.05) is 22.9 Å². The molecule has 0 spiro atoms. The second-order valence-corrected chi connectivity index (χ2v) is 3.06. The summed E-state index contributed by atoms with van der Waals surface area (Å²) in [5.41, 5.74) is 0. The highest BCUT2D eigenvalue weighted by Gasteiger charge is 2.00. The van der Waals surface area contributed by atoms with E-state index in [9.17, 15) is 0 Å². The van der Waals surface area contributed by atoms with Crippen LogP contribution >= 0.6 is 15.9 Å². The van der Waals surface area contributed by atoms with Gasteiger partial charge in [-0.15, -0.1) is 0 Å². The minimum absolute atomic E-state index is 0.675. The van der Waals surface area contributed by atoms with E-state index in [-0.39, 0.29) is 0 Å². The van der Waals surface area contributed by atoms with E-state index in [1.165, 1.54) is 0 Å². The fraction of sp³-hybridized carbons (Fsp3) is 0. The molecule has 0 atom stereocenters. The Morgan fingerprint density at radius 3 is 2.50 bits per heavy atom. The Balaban J connectivity index is 2.51. The first-order valence-corrected chi connectivity index (χ1v) is 4.27. The zero-order chi connectivity index (χ0) is 8.39. The second kappa shape index (κ2) is 3.06. The molecule has 0 aliphatic rings. The Hall–Kier alpha value is -1.16. The van der Waals surface area contributed by atoms with Crippen LogP contribution in [0.25, 0.3) is 5.95 Å². The molecule has 0 aromatic carbocycles. The molecule has 0 amide bonds. The molecule has 0 aliphatic heterocycles. The molecular formula is C8H6BrN3.